The van der Waals surface area contributed by atoms with Gasteiger partial charge in [0.25, 0.3) is 0 Å². The molecule has 0 aliphatic carbocycles. The summed E-state index contributed by atoms with van der Waals surface area (Å²) in [4.78, 5) is 16.7. The van der Waals surface area contributed by atoms with E-state index in [1.165, 1.54) is 19.4 Å². The molecule has 1 aliphatic heterocycles. The topological polar surface area (TPSA) is 35.6 Å². The van der Waals surface area contributed by atoms with E-state index in [1.807, 2.05) is 20.8 Å². The monoisotopic (exact) mass is 255 g/mol. The van der Waals surface area contributed by atoms with Gasteiger partial charge in [0.1, 0.15) is 0 Å². The molecule has 0 saturated carbocycles. The minimum absolute atomic E-state index is 0.130. The maximum Gasteiger partial charge on any atom is 0.234 e. The van der Waals surface area contributed by atoms with E-state index in [-0.39, 0.29) is 11.4 Å². The molecule has 0 aromatic carbocycles. The Bertz CT molecular complexity index is 260. The number of carbonyl (C=O) groups is 1. The van der Waals surface area contributed by atoms with Crippen LogP contribution < -0.4 is 5.32 Å². The molecule has 1 heterocycles. The normalized spacial score (nSPS) is 20.2. The lowest BCUT2D eigenvalue weighted by Gasteiger charge is -2.30. The first kappa shape index (κ1) is 15.4. The van der Waals surface area contributed by atoms with Crippen molar-refractivity contribution in [1.29, 1.82) is 0 Å². The number of hydrogen-bond donors (Lipinski definition) is 1. The summed E-state index contributed by atoms with van der Waals surface area (Å²) in [5, 5.41) is 3.03. The van der Waals surface area contributed by atoms with Crippen LogP contribution in [0.25, 0.3) is 0 Å². The van der Waals surface area contributed by atoms with E-state index < -0.39 is 0 Å². The number of rotatable bonds is 3. The van der Waals surface area contributed by atoms with Crippen molar-refractivity contribution in [3.8, 4) is 0 Å². The zero-order chi connectivity index (χ0) is 13.6. The van der Waals surface area contributed by atoms with Gasteiger partial charge in [-0.3, -0.25) is 9.69 Å². The van der Waals surface area contributed by atoms with Crippen LogP contribution in [-0.2, 0) is 4.79 Å². The Hall–Kier alpha value is -0.610. The smallest absolute Gasteiger partial charge is 0.234 e. The second kappa shape index (κ2) is 7.10. The lowest BCUT2D eigenvalue weighted by atomic mass is 10.1. The van der Waals surface area contributed by atoms with E-state index in [4.69, 9.17) is 0 Å². The lowest BCUT2D eigenvalue weighted by molar-refractivity contribution is -0.123. The highest BCUT2D eigenvalue weighted by Gasteiger charge is 2.18. The zero-order valence-electron chi connectivity index (χ0n) is 12.5. The average Bonchev–Trinajstić information content (AvgIpc) is 2.20. The maximum absolute atomic E-state index is 11.9. The molecule has 1 N–H and O–H groups in total. The molecule has 0 radical (unpaired) electrons. The van der Waals surface area contributed by atoms with Crippen LogP contribution in [0.1, 0.15) is 40.5 Å². The molecule has 0 aromatic heterocycles. The standard InChI is InChI=1S/C14H29N3O/c1-5-16-8-6-7-9-17(11-10-16)12-13(18)15-14(2,3)4/h5-12H2,1-4H3,(H,15,18). The molecule has 4 heteroatoms. The third-order valence-electron chi connectivity index (χ3n) is 3.26. The third-order valence-corrected chi connectivity index (χ3v) is 3.26. The summed E-state index contributed by atoms with van der Waals surface area (Å²) in [7, 11) is 0. The first-order valence-electron chi connectivity index (χ1n) is 7.16. The summed E-state index contributed by atoms with van der Waals surface area (Å²) in [5.41, 5.74) is -0.130. The van der Waals surface area contributed by atoms with Gasteiger partial charge in [0.15, 0.2) is 0 Å². The molecule has 0 unspecified atom stereocenters. The van der Waals surface area contributed by atoms with E-state index in [1.54, 1.807) is 0 Å². The van der Waals surface area contributed by atoms with E-state index in [2.05, 4.69) is 22.0 Å². The van der Waals surface area contributed by atoms with Gasteiger partial charge in [0.2, 0.25) is 5.91 Å². The summed E-state index contributed by atoms with van der Waals surface area (Å²) in [5.74, 6) is 0.145. The first-order chi connectivity index (χ1) is 8.40. The lowest BCUT2D eigenvalue weighted by Crippen LogP contribution is -2.48. The molecule has 1 amide bonds. The molecular formula is C14H29N3O. The summed E-state index contributed by atoms with van der Waals surface area (Å²) in [6, 6.07) is 0. The van der Waals surface area contributed by atoms with Gasteiger partial charge in [-0.05, 0) is 53.2 Å². The fraction of sp³-hybridized carbons (Fsp3) is 0.929. The van der Waals surface area contributed by atoms with Gasteiger partial charge in [-0.25, -0.2) is 0 Å². The molecule has 0 bridgehead atoms. The molecule has 1 aliphatic rings. The first-order valence-corrected chi connectivity index (χ1v) is 7.16. The molecular weight excluding hydrogens is 226 g/mol. The molecule has 18 heavy (non-hydrogen) atoms. The van der Waals surface area contributed by atoms with Crippen molar-refractivity contribution in [3.63, 3.8) is 0 Å². The minimum Gasteiger partial charge on any atom is -0.350 e. The van der Waals surface area contributed by atoms with Crippen LogP contribution in [0.15, 0.2) is 0 Å². The highest BCUT2D eigenvalue weighted by atomic mass is 16.2. The molecule has 0 spiro atoms. The van der Waals surface area contributed by atoms with Crippen molar-refractivity contribution in [3.05, 3.63) is 0 Å². The van der Waals surface area contributed by atoms with Gasteiger partial charge < -0.3 is 10.2 Å². The van der Waals surface area contributed by atoms with Crippen LogP contribution in [0, 0.1) is 0 Å². The summed E-state index contributed by atoms with van der Waals surface area (Å²) in [6.45, 7) is 14.3. The van der Waals surface area contributed by atoms with Gasteiger partial charge in [-0.2, -0.15) is 0 Å². The van der Waals surface area contributed by atoms with Crippen LogP contribution in [0.4, 0.5) is 0 Å². The second-order valence-electron chi connectivity index (χ2n) is 6.22. The number of nitrogens with zero attached hydrogens (tertiary/aromatic N) is 2. The Morgan fingerprint density at radius 3 is 2.17 bits per heavy atom. The van der Waals surface area contributed by atoms with Gasteiger partial charge in [0.05, 0.1) is 6.54 Å². The Morgan fingerprint density at radius 1 is 1.06 bits per heavy atom. The van der Waals surface area contributed by atoms with Crippen LogP contribution in [0.3, 0.4) is 0 Å². The van der Waals surface area contributed by atoms with Gasteiger partial charge in [0, 0.05) is 18.6 Å². The predicted octanol–water partition coefficient (Wildman–Crippen LogP) is 1.32. The fourth-order valence-corrected chi connectivity index (χ4v) is 2.31. The fourth-order valence-electron chi connectivity index (χ4n) is 2.31. The maximum atomic E-state index is 11.9. The number of likely N-dealkylation sites (N-methyl/N-ethyl adjacent to an activating group) is 1. The van der Waals surface area contributed by atoms with E-state index >= 15 is 0 Å². The third kappa shape index (κ3) is 6.36. The highest BCUT2D eigenvalue weighted by Crippen LogP contribution is 2.05. The van der Waals surface area contributed by atoms with Crippen LogP contribution >= 0.6 is 0 Å². The van der Waals surface area contributed by atoms with E-state index in [0.29, 0.717) is 6.54 Å². The molecule has 0 aromatic rings. The van der Waals surface area contributed by atoms with Crippen LogP contribution in [0.5, 0.6) is 0 Å². The van der Waals surface area contributed by atoms with Crippen LogP contribution in [-0.4, -0.2) is 60.5 Å². The van der Waals surface area contributed by atoms with Crippen molar-refractivity contribution in [1.82, 2.24) is 15.1 Å². The zero-order valence-corrected chi connectivity index (χ0v) is 12.5. The number of nitrogens with one attached hydrogen (secondary N) is 1. The van der Waals surface area contributed by atoms with Crippen molar-refractivity contribution < 1.29 is 4.79 Å². The van der Waals surface area contributed by atoms with Crippen molar-refractivity contribution >= 4 is 5.91 Å². The number of amides is 1. The number of hydrogen-bond acceptors (Lipinski definition) is 3. The Balaban J connectivity index is 2.38. The van der Waals surface area contributed by atoms with Crippen molar-refractivity contribution in [2.45, 2.75) is 46.1 Å². The predicted molar refractivity (Wildman–Crippen MR) is 75.7 cm³/mol. The number of carbonyl (C=O) groups excluding carboxylic acids is 1. The van der Waals surface area contributed by atoms with E-state index in [9.17, 15) is 4.79 Å². The largest absolute Gasteiger partial charge is 0.350 e. The van der Waals surface area contributed by atoms with Crippen molar-refractivity contribution in [2.24, 2.45) is 0 Å². The summed E-state index contributed by atoms with van der Waals surface area (Å²) < 4.78 is 0. The molecule has 1 fully saturated rings. The van der Waals surface area contributed by atoms with Crippen LogP contribution in [0.2, 0.25) is 0 Å². The molecule has 4 nitrogen and oxygen atoms in total. The van der Waals surface area contributed by atoms with Gasteiger partial charge in [-0.1, -0.05) is 6.92 Å². The quantitative estimate of drug-likeness (QED) is 0.826. The average molecular weight is 255 g/mol. The van der Waals surface area contributed by atoms with Gasteiger partial charge in [-0.15, -0.1) is 0 Å². The summed E-state index contributed by atoms with van der Waals surface area (Å²) >= 11 is 0. The Kier molecular flexibility index (Phi) is 6.09. The molecule has 1 rings (SSSR count). The SMILES string of the molecule is CCN1CCCCN(CC(=O)NC(C)(C)C)CC1. The second-order valence-corrected chi connectivity index (χ2v) is 6.22. The highest BCUT2D eigenvalue weighted by molar-refractivity contribution is 5.78. The van der Waals surface area contributed by atoms with E-state index in [0.717, 1.165) is 26.2 Å². The van der Waals surface area contributed by atoms with Crippen molar-refractivity contribution in [2.75, 3.05) is 39.3 Å². The molecule has 106 valence electrons. The van der Waals surface area contributed by atoms with Gasteiger partial charge >= 0.3 is 0 Å². The Morgan fingerprint density at radius 2 is 1.61 bits per heavy atom. The Labute approximate surface area is 112 Å². The molecule has 1 saturated heterocycles. The summed E-state index contributed by atoms with van der Waals surface area (Å²) in [6.07, 6.45) is 2.44. The molecule has 0 atom stereocenters. The minimum atomic E-state index is -0.130.